The highest BCUT2D eigenvalue weighted by molar-refractivity contribution is 6.03. The molecule has 9 heteroatoms. The molecule has 0 saturated heterocycles. The van der Waals surface area contributed by atoms with Crippen LogP contribution in [0.4, 0.5) is 5.69 Å². The van der Waals surface area contributed by atoms with Gasteiger partial charge in [0.2, 0.25) is 5.91 Å². The van der Waals surface area contributed by atoms with Crippen LogP contribution in [0.3, 0.4) is 0 Å². The van der Waals surface area contributed by atoms with Gasteiger partial charge in [-0.05, 0) is 49.9 Å². The summed E-state index contributed by atoms with van der Waals surface area (Å²) in [5, 5.41) is 10.00. The van der Waals surface area contributed by atoms with Crippen LogP contribution in [0.1, 0.15) is 49.7 Å². The fourth-order valence-electron chi connectivity index (χ4n) is 4.15. The summed E-state index contributed by atoms with van der Waals surface area (Å²) in [7, 11) is 0. The molecule has 2 aromatic carbocycles. The molecule has 0 saturated carbocycles. The molecule has 0 bridgehead atoms. The predicted molar refractivity (Wildman–Crippen MR) is 137 cm³/mol. The van der Waals surface area contributed by atoms with Crippen molar-refractivity contribution in [3.63, 3.8) is 0 Å². The lowest BCUT2D eigenvalue weighted by Crippen LogP contribution is -2.27. The van der Waals surface area contributed by atoms with Gasteiger partial charge in [0, 0.05) is 24.4 Å². The zero-order valence-corrected chi connectivity index (χ0v) is 20.2. The molecule has 0 atom stereocenters. The first-order valence-electron chi connectivity index (χ1n) is 11.7. The van der Waals surface area contributed by atoms with Crippen molar-refractivity contribution in [2.45, 2.75) is 33.1 Å². The van der Waals surface area contributed by atoms with Crippen molar-refractivity contribution < 1.29 is 14.4 Å². The molecule has 3 amide bonds. The molecule has 4 rings (SSSR count). The molecule has 4 N–H and O–H groups in total. The molecule has 0 aliphatic heterocycles. The molecule has 2 heterocycles. The molecule has 4 aromatic rings. The van der Waals surface area contributed by atoms with E-state index in [2.05, 4.69) is 20.7 Å². The van der Waals surface area contributed by atoms with E-state index in [0.717, 1.165) is 23.2 Å². The number of hydrogen-bond donors (Lipinski definition) is 3. The zero-order valence-electron chi connectivity index (χ0n) is 20.2. The lowest BCUT2D eigenvalue weighted by Gasteiger charge is -2.13. The van der Waals surface area contributed by atoms with Crippen molar-refractivity contribution in [3.05, 3.63) is 94.4 Å². The summed E-state index contributed by atoms with van der Waals surface area (Å²) in [5.41, 5.74) is 10.4. The van der Waals surface area contributed by atoms with E-state index >= 15 is 0 Å². The topological polar surface area (TPSA) is 131 Å². The van der Waals surface area contributed by atoms with E-state index < -0.39 is 5.91 Å². The van der Waals surface area contributed by atoms with Gasteiger partial charge in [0.25, 0.3) is 11.8 Å². The summed E-state index contributed by atoms with van der Waals surface area (Å²) in [6.07, 6.45) is 2.72. The molecule has 0 fully saturated rings. The number of anilines is 1. The van der Waals surface area contributed by atoms with Crippen molar-refractivity contribution in [1.82, 2.24) is 19.9 Å². The molecule has 0 radical (unpaired) electrons. The average molecular weight is 485 g/mol. The van der Waals surface area contributed by atoms with Crippen molar-refractivity contribution in [2.24, 2.45) is 5.73 Å². The molecule has 0 aliphatic rings. The average Bonchev–Trinajstić information content (AvgIpc) is 3.29. The minimum absolute atomic E-state index is 0.183. The molecular formula is C27H28N6O3. The number of amides is 3. The van der Waals surface area contributed by atoms with Gasteiger partial charge in [0.05, 0.1) is 17.4 Å². The van der Waals surface area contributed by atoms with Crippen LogP contribution in [-0.2, 0) is 17.6 Å². The third-order valence-electron chi connectivity index (χ3n) is 6.06. The maximum Gasteiger partial charge on any atom is 0.254 e. The zero-order chi connectivity index (χ0) is 25.7. The highest BCUT2D eigenvalue weighted by Crippen LogP contribution is 2.20. The normalized spacial score (nSPS) is 10.8. The van der Waals surface area contributed by atoms with E-state index in [9.17, 15) is 14.4 Å². The van der Waals surface area contributed by atoms with Gasteiger partial charge in [-0.2, -0.15) is 5.10 Å². The fourth-order valence-corrected chi connectivity index (χ4v) is 4.15. The Morgan fingerprint density at radius 2 is 1.67 bits per heavy atom. The van der Waals surface area contributed by atoms with E-state index in [1.54, 1.807) is 28.8 Å². The summed E-state index contributed by atoms with van der Waals surface area (Å²) in [5.74, 6) is -1.06. The Bertz CT molecular complexity index is 1430. The number of benzene rings is 2. The molecular weight excluding hydrogens is 456 g/mol. The second-order valence-corrected chi connectivity index (χ2v) is 8.50. The second-order valence-electron chi connectivity index (χ2n) is 8.50. The minimum atomic E-state index is -0.591. The first-order chi connectivity index (χ1) is 17.3. The molecule has 0 unspecified atom stereocenters. The first kappa shape index (κ1) is 24.6. The third-order valence-corrected chi connectivity index (χ3v) is 6.06. The van der Waals surface area contributed by atoms with Gasteiger partial charge in [-0.15, -0.1) is 0 Å². The molecule has 9 nitrogen and oxygen atoms in total. The number of hydrogen-bond acceptors (Lipinski definition) is 5. The van der Waals surface area contributed by atoms with Crippen LogP contribution < -0.4 is 16.4 Å². The maximum absolute atomic E-state index is 12.8. The Balaban J connectivity index is 1.40. The number of para-hydroxylation sites is 1. The van der Waals surface area contributed by atoms with Gasteiger partial charge in [-0.3, -0.25) is 14.4 Å². The number of aromatic nitrogens is 3. The summed E-state index contributed by atoms with van der Waals surface area (Å²) in [6, 6.07) is 16.8. The Morgan fingerprint density at radius 3 is 2.42 bits per heavy atom. The van der Waals surface area contributed by atoms with Crippen LogP contribution in [0.15, 0.2) is 60.8 Å². The second kappa shape index (κ2) is 10.8. The first-order valence-corrected chi connectivity index (χ1v) is 11.7. The summed E-state index contributed by atoms with van der Waals surface area (Å²) in [6.45, 7) is 4.18. The Morgan fingerprint density at radius 1 is 0.944 bits per heavy atom. The smallest absolute Gasteiger partial charge is 0.254 e. The maximum atomic E-state index is 12.8. The Hall–Kier alpha value is -4.53. The highest BCUT2D eigenvalue weighted by atomic mass is 16.2. The van der Waals surface area contributed by atoms with E-state index in [1.165, 1.54) is 6.20 Å². The number of nitrogens with one attached hydrogen (secondary N) is 2. The van der Waals surface area contributed by atoms with Crippen LogP contribution in [-0.4, -0.2) is 38.9 Å². The molecule has 36 heavy (non-hydrogen) atoms. The van der Waals surface area contributed by atoms with Crippen molar-refractivity contribution >= 4 is 29.1 Å². The van der Waals surface area contributed by atoms with Crippen LogP contribution in [0.25, 0.3) is 5.65 Å². The van der Waals surface area contributed by atoms with Gasteiger partial charge in [-0.1, -0.05) is 42.5 Å². The number of aryl methyl sites for hydroxylation is 2. The standard InChI is InChI=1S/C27H28N6O3/c1-17-20(18(2)33-26(31-17)22(16-30-33)25(28)35)12-13-24(34)32-23-11-7-6-10-21(23)27(36)29-15-14-19-8-4-3-5-9-19/h3-11,16H,12-15H2,1-2H3,(H2,28,35)(H,29,36)(H,32,34). The van der Waals surface area contributed by atoms with Crippen LogP contribution in [0.5, 0.6) is 0 Å². The molecule has 0 spiro atoms. The van der Waals surface area contributed by atoms with Gasteiger partial charge in [0.15, 0.2) is 5.65 Å². The molecule has 184 valence electrons. The van der Waals surface area contributed by atoms with Crippen molar-refractivity contribution in [2.75, 3.05) is 11.9 Å². The van der Waals surface area contributed by atoms with Gasteiger partial charge >= 0.3 is 0 Å². The number of carbonyl (C=O) groups excluding carboxylic acids is 3. The van der Waals surface area contributed by atoms with Gasteiger partial charge in [-0.25, -0.2) is 9.50 Å². The van der Waals surface area contributed by atoms with Gasteiger partial charge in [0.1, 0.15) is 5.56 Å². The molecule has 0 aliphatic carbocycles. The fraction of sp³-hybridized carbons (Fsp3) is 0.222. The van der Waals surface area contributed by atoms with Crippen molar-refractivity contribution in [3.8, 4) is 0 Å². The minimum Gasteiger partial charge on any atom is -0.365 e. The summed E-state index contributed by atoms with van der Waals surface area (Å²) < 4.78 is 1.56. The van der Waals surface area contributed by atoms with E-state index in [4.69, 9.17) is 5.73 Å². The monoisotopic (exact) mass is 484 g/mol. The van der Waals surface area contributed by atoms with Crippen LogP contribution >= 0.6 is 0 Å². The summed E-state index contributed by atoms with van der Waals surface area (Å²) >= 11 is 0. The highest BCUT2D eigenvalue weighted by Gasteiger charge is 2.18. The Labute approximate surface area is 208 Å². The van der Waals surface area contributed by atoms with E-state index in [-0.39, 0.29) is 23.8 Å². The number of fused-ring (bicyclic) bond motifs is 1. The largest absolute Gasteiger partial charge is 0.365 e. The van der Waals surface area contributed by atoms with Gasteiger partial charge < -0.3 is 16.4 Å². The SMILES string of the molecule is Cc1nc2c(C(N)=O)cnn2c(C)c1CCC(=O)Nc1ccccc1C(=O)NCCc1ccccc1. The number of rotatable bonds is 9. The van der Waals surface area contributed by atoms with E-state index in [1.807, 2.05) is 44.2 Å². The lowest BCUT2D eigenvalue weighted by molar-refractivity contribution is -0.116. The number of carbonyl (C=O) groups is 3. The number of nitrogens with zero attached hydrogens (tertiary/aromatic N) is 3. The van der Waals surface area contributed by atoms with E-state index in [0.29, 0.717) is 35.6 Å². The van der Waals surface area contributed by atoms with Crippen LogP contribution in [0.2, 0.25) is 0 Å². The lowest BCUT2D eigenvalue weighted by atomic mass is 10.1. The Kier molecular flexibility index (Phi) is 7.39. The molecule has 2 aromatic heterocycles. The quantitative estimate of drug-likeness (QED) is 0.336. The van der Waals surface area contributed by atoms with Crippen LogP contribution in [0, 0.1) is 13.8 Å². The summed E-state index contributed by atoms with van der Waals surface area (Å²) in [4.78, 5) is 41.7. The predicted octanol–water partition coefficient (Wildman–Crippen LogP) is 2.99. The third kappa shape index (κ3) is 5.41. The van der Waals surface area contributed by atoms with Crippen molar-refractivity contribution in [1.29, 1.82) is 0 Å². The number of nitrogens with two attached hydrogens (primary N) is 1. The number of primary amides is 1.